The van der Waals surface area contributed by atoms with E-state index in [2.05, 4.69) is 53.9 Å². The lowest BCUT2D eigenvalue weighted by Gasteiger charge is -1.96. The van der Waals surface area contributed by atoms with Crippen LogP contribution in [0.1, 0.15) is 25.6 Å². The number of allylic oxidation sites excluding steroid dienone is 6. The van der Waals surface area contributed by atoms with Gasteiger partial charge in [0.15, 0.2) is 0 Å². The Balaban J connectivity index is 2.70. The first-order valence-corrected chi connectivity index (χ1v) is 10.1. The van der Waals surface area contributed by atoms with Gasteiger partial charge in [-0.25, -0.2) is 4.79 Å². The van der Waals surface area contributed by atoms with Gasteiger partial charge in [-0.2, -0.15) is 0 Å². The molecule has 2 nitrogen and oxygen atoms in total. The number of rotatable bonds is 6. The van der Waals surface area contributed by atoms with E-state index in [1.165, 1.54) is 6.08 Å². The lowest BCUT2D eigenvalue weighted by Crippen LogP contribution is -1.99. The van der Waals surface area contributed by atoms with Crippen LogP contribution in [0.4, 0.5) is 0 Å². The van der Waals surface area contributed by atoms with E-state index in [-0.39, 0.29) is 5.97 Å². The Hall–Kier alpha value is -0.430. The normalized spacial score (nSPS) is 13.3. The second kappa shape index (κ2) is 10.4. The Kier molecular flexibility index (Phi) is 9.36. The highest BCUT2D eigenvalue weighted by atomic mass is 79.9. The Labute approximate surface area is 166 Å². The molecule has 6 heteroatoms. The molecule has 124 valence electrons. The van der Waals surface area contributed by atoms with E-state index < -0.39 is 0 Å². The van der Waals surface area contributed by atoms with Crippen LogP contribution in [0.5, 0.6) is 0 Å². The molecule has 1 aromatic rings. The SMILES string of the molecule is CCOC(=O)/C=C(C)/C=C/C=C(\C)C=Cc1sc(Br)c(Br)c1Br. The highest BCUT2D eigenvalue weighted by molar-refractivity contribution is 9.14. The zero-order valence-corrected chi connectivity index (χ0v) is 18.6. The number of carbonyl (C=O) groups excluding carboxylic acids is 1. The van der Waals surface area contributed by atoms with Crippen LogP contribution in [0.15, 0.2) is 54.3 Å². The van der Waals surface area contributed by atoms with Crippen molar-refractivity contribution < 1.29 is 9.53 Å². The molecular weight excluding hydrogens is 508 g/mol. The van der Waals surface area contributed by atoms with Gasteiger partial charge in [0.05, 0.1) is 19.3 Å². The van der Waals surface area contributed by atoms with E-state index in [4.69, 9.17) is 4.74 Å². The van der Waals surface area contributed by atoms with E-state index in [1.54, 1.807) is 18.3 Å². The van der Waals surface area contributed by atoms with Gasteiger partial charge in [0.25, 0.3) is 0 Å². The summed E-state index contributed by atoms with van der Waals surface area (Å²) in [5.74, 6) is -0.311. The first-order chi connectivity index (χ1) is 10.8. The summed E-state index contributed by atoms with van der Waals surface area (Å²) in [7, 11) is 0. The maximum absolute atomic E-state index is 11.3. The van der Waals surface area contributed by atoms with Crippen molar-refractivity contribution in [3.05, 3.63) is 59.1 Å². The van der Waals surface area contributed by atoms with Crippen molar-refractivity contribution in [3.8, 4) is 0 Å². The van der Waals surface area contributed by atoms with Crippen molar-refractivity contribution in [2.24, 2.45) is 0 Å². The van der Waals surface area contributed by atoms with Crippen LogP contribution in [0.25, 0.3) is 6.08 Å². The Morgan fingerprint density at radius 3 is 2.39 bits per heavy atom. The maximum Gasteiger partial charge on any atom is 0.330 e. The van der Waals surface area contributed by atoms with Gasteiger partial charge < -0.3 is 4.74 Å². The number of thiophene rings is 1. The summed E-state index contributed by atoms with van der Waals surface area (Å²) in [4.78, 5) is 12.4. The molecule has 0 fully saturated rings. The van der Waals surface area contributed by atoms with E-state index in [0.29, 0.717) is 6.61 Å². The van der Waals surface area contributed by atoms with Gasteiger partial charge in [0, 0.05) is 11.0 Å². The zero-order chi connectivity index (χ0) is 17.4. The van der Waals surface area contributed by atoms with Gasteiger partial charge in [-0.1, -0.05) is 29.9 Å². The molecule has 0 spiro atoms. The molecule has 1 aromatic heterocycles. The zero-order valence-electron chi connectivity index (χ0n) is 13.0. The van der Waals surface area contributed by atoms with Gasteiger partial charge in [0.1, 0.15) is 0 Å². The summed E-state index contributed by atoms with van der Waals surface area (Å²) in [5.41, 5.74) is 1.96. The van der Waals surface area contributed by atoms with Crippen molar-refractivity contribution >= 4 is 71.2 Å². The van der Waals surface area contributed by atoms with Gasteiger partial charge in [-0.15, -0.1) is 11.3 Å². The second-order valence-electron chi connectivity index (χ2n) is 4.61. The first-order valence-electron chi connectivity index (χ1n) is 6.86. The number of ether oxygens (including phenoxy) is 1. The second-order valence-corrected chi connectivity index (χ2v) is 8.57. The maximum atomic E-state index is 11.3. The molecular formula is C17H17Br3O2S. The minimum Gasteiger partial charge on any atom is -0.463 e. The van der Waals surface area contributed by atoms with Crippen LogP contribution >= 0.6 is 59.1 Å². The predicted molar refractivity (Wildman–Crippen MR) is 110 cm³/mol. The molecule has 0 bridgehead atoms. The monoisotopic (exact) mass is 522 g/mol. The fourth-order valence-electron chi connectivity index (χ4n) is 1.52. The highest BCUT2D eigenvalue weighted by Crippen LogP contribution is 2.41. The minimum atomic E-state index is -0.311. The quantitative estimate of drug-likeness (QED) is 0.226. The highest BCUT2D eigenvalue weighted by Gasteiger charge is 2.09. The van der Waals surface area contributed by atoms with Crippen molar-refractivity contribution in [1.29, 1.82) is 0 Å². The third-order valence-electron chi connectivity index (χ3n) is 2.63. The molecule has 0 unspecified atom stereocenters. The molecule has 0 amide bonds. The third kappa shape index (κ3) is 7.33. The van der Waals surface area contributed by atoms with Gasteiger partial charge in [0.2, 0.25) is 0 Å². The van der Waals surface area contributed by atoms with Gasteiger partial charge >= 0.3 is 5.97 Å². The molecule has 0 radical (unpaired) electrons. The molecule has 0 aliphatic heterocycles. The lowest BCUT2D eigenvalue weighted by molar-refractivity contribution is -0.137. The van der Waals surface area contributed by atoms with Crippen molar-refractivity contribution in [2.45, 2.75) is 20.8 Å². The summed E-state index contributed by atoms with van der Waals surface area (Å²) in [5, 5.41) is 0. The van der Waals surface area contributed by atoms with Crippen LogP contribution in [0, 0.1) is 0 Å². The smallest absolute Gasteiger partial charge is 0.330 e. The van der Waals surface area contributed by atoms with E-state index in [1.807, 2.05) is 38.2 Å². The largest absolute Gasteiger partial charge is 0.463 e. The molecule has 0 saturated carbocycles. The minimum absolute atomic E-state index is 0.311. The average molecular weight is 525 g/mol. The summed E-state index contributed by atoms with van der Waals surface area (Å²) >= 11 is 12.2. The number of halogens is 3. The molecule has 0 saturated heterocycles. The summed E-state index contributed by atoms with van der Waals surface area (Å²) in [6, 6.07) is 0. The Morgan fingerprint density at radius 2 is 1.83 bits per heavy atom. The Morgan fingerprint density at radius 1 is 1.13 bits per heavy atom. The molecule has 1 rings (SSSR count). The first kappa shape index (κ1) is 20.6. The third-order valence-corrected chi connectivity index (χ3v) is 7.66. The summed E-state index contributed by atoms with van der Waals surface area (Å²) in [6.07, 6.45) is 11.4. The van der Waals surface area contributed by atoms with Crippen LogP contribution < -0.4 is 0 Å². The molecule has 0 N–H and O–H groups in total. The van der Waals surface area contributed by atoms with Crippen LogP contribution in [0.2, 0.25) is 0 Å². The van der Waals surface area contributed by atoms with Crippen LogP contribution in [0.3, 0.4) is 0 Å². The Bertz CT molecular complexity index is 682. The number of esters is 1. The summed E-state index contributed by atoms with van der Waals surface area (Å²) in [6.45, 7) is 6.07. The van der Waals surface area contributed by atoms with Crippen molar-refractivity contribution in [3.63, 3.8) is 0 Å². The van der Waals surface area contributed by atoms with E-state index in [9.17, 15) is 4.79 Å². The topological polar surface area (TPSA) is 26.3 Å². The van der Waals surface area contributed by atoms with Crippen LogP contribution in [-0.2, 0) is 9.53 Å². The molecule has 1 heterocycles. The fraction of sp³-hybridized carbons (Fsp3) is 0.235. The average Bonchev–Trinajstić information content (AvgIpc) is 2.72. The number of carbonyl (C=O) groups is 1. The fourth-order valence-corrected chi connectivity index (χ4v) is 4.51. The van der Waals surface area contributed by atoms with E-state index in [0.717, 1.165) is 28.8 Å². The van der Waals surface area contributed by atoms with Crippen molar-refractivity contribution in [2.75, 3.05) is 6.61 Å². The summed E-state index contributed by atoms with van der Waals surface area (Å²) < 4.78 is 8.00. The molecule has 0 aliphatic rings. The predicted octanol–water partition coefficient (Wildman–Crippen LogP) is 7.06. The van der Waals surface area contributed by atoms with Crippen molar-refractivity contribution in [1.82, 2.24) is 0 Å². The molecule has 0 atom stereocenters. The van der Waals surface area contributed by atoms with Gasteiger partial charge in [-0.05, 0) is 80.2 Å². The number of hydrogen-bond donors (Lipinski definition) is 0. The van der Waals surface area contributed by atoms with E-state index >= 15 is 0 Å². The standard InChI is InChI=1S/C17H17Br3O2S/c1-4-22-14(21)10-12(3)7-5-6-11(2)8-9-13-15(18)16(19)17(20)23-13/h5-10H,4H2,1-3H3/b7-5+,9-8?,11-6+,12-10+. The molecule has 0 aromatic carbocycles. The van der Waals surface area contributed by atoms with Crippen LogP contribution in [-0.4, -0.2) is 12.6 Å². The lowest BCUT2D eigenvalue weighted by atomic mass is 10.2. The molecule has 0 aliphatic carbocycles. The number of hydrogen-bond acceptors (Lipinski definition) is 3. The van der Waals surface area contributed by atoms with Gasteiger partial charge in [-0.3, -0.25) is 0 Å². The molecule has 23 heavy (non-hydrogen) atoms.